The van der Waals surface area contributed by atoms with Crippen molar-refractivity contribution in [1.29, 1.82) is 0 Å². The summed E-state index contributed by atoms with van der Waals surface area (Å²) in [5, 5.41) is 0. The van der Waals surface area contributed by atoms with Crippen molar-refractivity contribution in [3.05, 3.63) is 0 Å². The van der Waals surface area contributed by atoms with Crippen LogP contribution >= 0.6 is 0 Å². The summed E-state index contributed by atoms with van der Waals surface area (Å²) >= 11 is 0. The van der Waals surface area contributed by atoms with Crippen LogP contribution in [0.15, 0.2) is 0 Å². The van der Waals surface area contributed by atoms with Gasteiger partial charge in [0, 0.05) is 12.3 Å². The number of hydrogen-bond donors (Lipinski definition) is 0. The van der Waals surface area contributed by atoms with Crippen LogP contribution in [0.3, 0.4) is 0 Å². The molecule has 1 heterocycles. The third-order valence-electron chi connectivity index (χ3n) is 2.63. The molecule has 15 heavy (non-hydrogen) atoms. The molecule has 1 aliphatic heterocycles. The molecule has 0 N–H and O–H groups in total. The second-order valence-corrected chi connectivity index (χ2v) is 4.40. The molecular formula is C12H19NO2. The fraction of sp³-hybridized carbons (Fsp3) is 0.750. The molecule has 0 spiro atoms. The van der Waals surface area contributed by atoms with Crippen molar-refractivity contribution in [2.75, 3.05) is 20.7 Å². The van der Waals surface area contributed by atoms with Crippen molar-refractivity contribution in [2.24, 2.45) is 5.92 Å². The normalized spacial score (nSPS) is 25.5. The number of carbonyl (C=O) groups is 1. The fourth-order valence-electron chi connectivity index (χ4n) is 1.49. The lowest BCUT2D eigenvalue weighted by atomic mass is 10.1. The third-order valence-corrected chi connectivity index (χ3v) is 2.63. The minimum Gasteiger partial charge on any atom is -0.349 e. The van der Waals surface area contributed by atoms with Gasteiger partial charge in [0.1, 0.15) is 0 Å². The lowest BCUT2D eigenvalue weighted by molar-refractivity contribution is -0.116. The molecular weight excluding hydrogens is 190 g/mol. The summed E-state index contributed by atoms with van der Waals surface area (Å²) in [4.78, 5) is 13.4. The van der Waals surface area contributed by atoms with Gasteiger partial charge < -0.3 is 4.74 Å². The molecule has 0 bridgehead atoms. The van der Waals surface area contributed by atoms with Crippen molar-refractivity contribution >= 4 is 5.78 Å². The van der Waals surface area contributed by atoms with E-state index in [1.54, 1.807) is 0 Å². The van der Waals surface area contributed by atoms with Gasteiger partial charge in [-0.25, -0.2) is 0 Å². The smallest absolute Gasteiger partial charge is 0.208 e. The van der Waals surface area contributed by atoms with Gasteiger partial charge in [0.15, 0.2) is 5.72 Å². The monoisotopic (exact) mass is 209 g/mol. The molecule has 1 saturated heterocycles. The summed E-state index contributed by atoms with van der Waals surface area (Å²) in [7, 11) is 3.86. The molecule has 1 fully saturated rings. The van der Waals surface area contributed by atoms with E-state index in [0.717, 1.165) is 19.4 Å². The first-order chi connectivity index (χ1) is 6.98. The van der Waals surface area contributed by atoms with Gasteiger partial charge in [-0.2, -0.15) is 0 Å². The molecule has 0 aromatic carbocycles. The quantitative estimate of drug-likeness (QED) is 0.507. The zero-order valence-electron chi connectivity index (χ0n) is 9.96. The average molecular weight is 209 g/mol. The Balaban J connectivity index is 2.79. The number of rotatable bonds is 2. The van der Waals surface area contributed by atoms with Crippen LogP contribution in [0.5, 0.6) is 0 Å². The van der Waals surface area contributed by atoms with Gasteiger partial charge in [-0.05, 0) is 32.4 Å². The van der Waals surface area contributed by atoms with Gasteiger partial charge in [-0.3, -0.25) is 9.69 Å². The third kappa shape index (κ3) is 2.80. The second kappa shape index (κ2) is 4.78. The van der Waals surface area contributed by atoms with Crippen LogP contribution in [0.4, 0.5) is 0 Å². The molecule has 1 atom stereocenters. The summed E-state index contributed by atoms with van der Waals surface area (Å²) in [6, 6.07) is 0. The summed E-state index contributed by atoms with van der Waals surface area (Å²) in [5.74, 6) is 5.62. The van der Waals surface area contributed by atoms with Crippen LogP contribution in [0.2, 0.25) is 0 Å². The summed E-state index contributed by atoms with van der Waals surface area (Å²) < 4.78 is 5.63. The topological polar surface area (TPSA) is 29.5 Å². The number of hydrogen-bond acceptors (Lipinski definition) is 3. The van der Waals surface area contributed by atoms with E-state index in [2.05, 4.69) is 11.8 Å². The van der Waals surface area contributed by atoms with Gasteiger partial charge in [0.05, 0.1) is 6.61 Å². The highest BCUT2D eigenvalue weighted by Crippen LogP contribution is 2.26. The SMILES string of the molecule is CC(C)C(=O)C#CC1(N(C)C)CCCO1. The Labute approximate surface area is 91.8 Å². The second-order valence-electron chi connectivity index (χ2n) is 4.40. The van der Waals surface area contributed by atoms with Gasteiger partial charge in [0.25, 0.3) is 0 Å². The van der Waals surface area contributed by atoms with Crippen molar-refractivity contribution in [3.8, 4) is 11.8 Å². The van der Waals surface area contributed by atoms with Crippen molar-refractivity contribution in [2.45, 2.75) is 32.4 Å². The molecule has 0 amide bonds. The standard InChI is InChI=1S/C12H19NO2/c1-10(2)11(14)6-8-12(13(3)4)7-5-9-15-12/h10H,5,7,9H2,1-4H3. The predicted molar refractivity (Wildman–Crippen MR) is 59.2 cm³/mol. The maximum atomic E-state index is 11.4. The maximum absolute atomic E-state index is 11.4. The van der Waals surface area contributed by atoms with Crippen LogP contribution in [-0.2, 0) is 9.53 Å². The molecule has 0 saturated carbocycles. The molecule has 1 unspecified atom stereocenters. The molecule has 3 heteroatoms. The van der Waals surface area contributed by atoms with Gasteiger partial charge in [-0.15, -0.1) is 0 Å². The Bertz CT molecular complexity index is 290. The molecule has 0 radical (unpaired) electrons. The number of carbonyl (C=O) groups excluding carboxylic acids is 1. The maximum Gasteiger partial charge on any atom is 0.208 e. The zero-order valence-corrected chi connectivity index (χ0v) is 9.96. The van der Waals surface area contributed by atoms with Crippen LogP contribution in [0, 0.1) is 17.8 Å². The van der Waals surface area contributed by atoms with E-state index in [4.69, 9.17) is 4.74 Å². The van der Waals surface area contributed by atoms with E-state index < -0.39 is 5.72 Å². The Morgan fingerprint density at radius 2 is 2.13 bits per heavy atom. The van der Waals surface area contributed by atoms with Crippen molar-refractivity contribution < 1.29 is 9.53 Å². The van der Waals surface area contributed by atoms with Gasteiger partial charge in [0.2, 0.25) is 5.78 Å². The Morgan fingerprint density at radius 3 is 2.53 bits per heavy atom. The molecule has 1 rings (SSSR count). The van der Waals surface area contributed by atoms with Gasteiger partial charge in [-0.1, -0.05) is 13.8 Å². The highest BCUT2D eigenvalue weighted by atomic mass is 16.5. The van der Waals surface area contributed by atoms with E-state index in [-0.39, 0.29) is 11.7 Å². The van der Waals surface area contributed by atoms with Gasteiger partial charge >= 0.3 is 0 Å². The molecule has 3 nitrogen and oxygen atoms in total. The molecule has 0 aromatic heterocycles. The number of ether oxygens (including phenoxy) is 1. The van der Waals surface area contributed by atoms with E-state index in [0.29, 0.717) is 0 Å². The minimum atomic E-state index is -0.537. The highest BCUT2D eigenvalue weighted by molar-refractivity contribution is 5.97. The first kappa shape index (κ1) is 12.2. The lowest BCUT2D eigenvalue weighted by Gasteiger charge is -2.29. The predicted octanol–water partition coefficient (Wildman–Crippen LogP) is 1.28. The number of ketones is 1. The van der Waals surface area contributed by atoms with E-state index in [1.807, 2.05) is 32.8 Å². The minimum absolute atomic E-state index is 0.0216. The highest BCUT2D eigenvalue weighted by Gasteiger charge is 2.35. The molecule has 0 aromatic rings. The number of Topliss-reactive ketones (excluding diaryl/α,β-unsaturated/α-hetero) is 1. The van der Waals surface area contributed by atoms with Crippen LogP contribution in [-0.4, -0.2) is 37.1 Å². The molecule has 1 aliphatic rings. The van der Waals surface area contributed by atoms with E-state index in [1.165, 1.54) is 0 Å². The Morgan fingerprint density at radius 1 is 1.47 bits per heavy atom. The van der Waals surface area contributed by atoms with E-state index in [9.17, 15) is 4.79 Å². The van der Waals surface area contributed by atoms with Crippen molar-refractivity contribution in [3.63, 3.8) is 0 Å². The summed E-state index contributed by atoms with van der Waals surface area (Å²) in [6.45, 7) is 4.44. The molecule has 84 valence electrons. The average Bonchev–Trinajstić information content (AvgIpc) is 2.63. The first-order valence-electron chi connectivity index (χ1n) is 5.36. The fourth-order valence-corrected chi connectivity index (χ4v) is 1.49. The van der Waals surface area contributed by atoms with Crippen LogP contribution in [0.25, 0.3) is 0 Å². The van der Waals surface area contributed by atoms with Crippen LogP contribution in [0.1, 0.15) is 26.7 Å². The van der Waals surface area contributed by atoms with E-state index >= 15 is 0 Å². The Kier molecular flexibility index (Phi) is 3.90. The van der Waals surface area contributed by atoms with Crippen molar-refractivity contribution in [1.82, 2.24) is 4.90 Å². The summed E-state index contributed by atoms with van der Waals surface area (Å²) in [6.07, 6.45) is 1.88. The first-order valence-corrected chi connectivity index (χ1v) is 5.36. The zero-order chi connectivity index (χ0) is 11.5. The Hall–Kier alpha value is -0.850. The van der Waals surface area contributed by atoms with Crippen LogP contribution < -0.4 is 0 Å². The molecule has 0 aliphatic carbocycles. The summed E-state index contributed by atoms with van der Waals surface area (Å²) in [5.41, 5.74) is -0.537. The number of nitrogens with zero attached hydrogens (tertiary/aromatic N) is 1. The lowest BCUT2D eigenvalue weighted by Crippen LogP contribution is -2.42. The largest absolute Gasteiger partial charge is 0.349 e.